The number of ether oxygens (including phenoxy) is 1. The quantitative estimate of drug-likeness (QED) is 0.802. The number of imide groups is 1. The van der Waals surface area contributed by atoms with Gasteiger partial charge in [-0.05, 0) is 30.5 Å². The molecule has 2 N–H and O–H groups in total. The van der Waals surface area contributed by atoms with Gasteiger partial charge < -0.3 is 14.5 Å². The lowest BCUT2D eigenvalue weighted by molar-refractivity contribution is -0.128. The van der Waals surface area contributed by atoms with Gasteiger partial charge in [0.05, 0.1) is 12.8 Å². The fourth-order valence-electron chi connectivity index (χ4n) is 4.27. The number of amides is 3. The van der Waals surface area contributed by atoms with Gasteiger partial charge in [0.2, 0.25) is 5.91 Å². The van der Waals surface area contributed by atoms with E-state index in [0.29, 0.717) is 5.92 Å². The zero-order valence-corrected chi connectivity index (χ0v) is 15.5. The van der Waals surface area contributed by atoms with Crippen molar-refractivity contribution in [2.75, 3.05) is 32.1 Å². The van der Waals surface area contributed by atoms with Gasteiger partial charge in [-0.3, -0.25) is 20.3 Å². The number of anilines is 1. The van der Waals surface area contributed by atoms with E-state index in [0.717, 1.165) is 30.1 Å². The van der Waals surface area contributed by atoms with Gasteiger partial charge in [-0.2, -0.15) is 0 Å². The summed E-state index contributed by atoms with van der Waals surface area (Å²) in [7, 11) is 3.38. The van der Waals surface area contributed by atoms with Crippen LogP contribution in [0, 0.1) is 12.8 Å². The Balaban J connectivity index is 1.74. The van der Waals surface area contributed by atoms with Crippen molar-refractivity contribution in [2.45, 2.75) is 32.3 Å². The summed E-state index contributed by atoms with van der Waals surface area (Å²) >= 11 is 0. The van der Waals surface area contributed by atoms with Crippen LogP contribution in [-0.4, -0.2) is 67.5 Å². The molecule has 0 saturated carbocycles. The number of rotatable bonds is 2. The second kappa shape index (κ2) is 6.14. The maximum absolute atomic E-state index is 12.5. The van der Waals surface area contributed by atoms with Gasteiger partial charge >= 0.3 is 6.03 Å². The average Bonchev–Trinajstić information content (AvgIpc) is 2.99. The van der Waals surface area contributed by atoms with Crippen molar-refractivity contribution in [3.8, 4) is 5.75 Å². The summed E-state index contributed by atoms with van der Waals surface area (Å²) in [5.74, 6) is 0.932. The summed E-state index contributed by atoms with van der Waals surface area (Å²) in [5, 5.41) is 5.94. The molecule has 8 heteroatoms. The highest BCUT2D eigenvalue weighted by molar-refractivity contribution is 6.00. The van der Waals surface area contributed by atoms with Gasteiger partial charge in [0.15, 0.2) is 0 Å². The molecular weight excluding hydrogens is 334 g/mol. The number of likely N-dealkylation sites (N-methyl/N-ethyl adjacent to an activating group) is 1. The number of hydrogen-bond donors (Lipinski definition) is 2. The van der Waals surface area contributed by atoms with Crippen LogP contribution >= 0.6 is 0 Å². The van der Waals surface area contributed by atoms with Crippen LogP contribution in [0.1, 0.15) is 12.5 Å². The van der Waals surface area contributed by atoms with E-state index in [4.69, 9.17) is 4.74 Å². The highest BCUT2D eigenvalue weighted by Gasteiger charge is 2.54. The van der Waals surface area contributed by atoms with Gasteiger partial charge in [-0.25, -0.2) is 4.79 Å². The van der Waals surface area contributed by atoms with Crippen molar-refractivity contribution in [3.63, 3.8) is 0 Å². The molecule has 0 bridgehead atoms. The second-order valence-electron chi connectivity index (χ2n) is 7.46. The van der Waals surface area contributed by atoms with Crippen molar-refractivity contribution >= 4 is 17.6 Å². The predicted octanol–water partition coefficient (Wildman–Crippen LogP) is 0.525. The Hall–Kier alpha value is -2.32. The molecule has 3 fully saturated rings. The van der Waals surface area contributed by atoms with Crippen molar-refractivity contribution in [3.05, 3.63) is 23.8 Å². The Morgan fingerprint density at radius 1 is 1.23 bits per heavy atom. The summed E-state index contributed by atoms with van der Waals surface area (Å²) in [4.78, 5) is 30.5. The number of aryl methyl sites for hydroxylation is 1. The summed E-state index contributed by atoms with van der Waals surface area (Å²) in [6.45, 7) is 5.86. The lowest BCUT2D eigenvalue weighted by atomic mass is 10.0. The fourth-order valence-corrected chi connectivity index (χ4v) is 4.27. The van der Waals surface area contributed by atoms with E-state index in [1.807, 2.05) is 12.1 Å². The third-order valence-corrected chi connectivity index (χ3v) is 5.50. The zero-order valence-electron chi connectivity index (χ0n) is 15.5. The number of carbonyl (C=O) groups excluding carboxylic acids is 2. The summed E-state index contributed by atoms with van der Waals surface area (Å²) < 4.78 is 5.58. The SMILES string of the molecule is COc1ccc(C)cc1N1CC(C)CN2C3C(=O)NC(=O)N(C)C3NC12. The van der Waals surface area contributed by atoms with Crippen molar-refractivity contribution < 1.29 is 14.3 Å². The molecule has 4 rings (SSSR count). The van der Waals surface area contributed by atoms with Gasteiger partial charge in [-0.1, -0.05) is 13.0 Å². The Kier molecular flexibility index (Phi) is 4.04. The monoisotopic (exact) mass is 359 g/mol. The molecule has 26 heavy (non-hydrogen) atoms. The standard InChI is InChI=1S/C18H25N5O3/c1-10-5-6-13(26-4)12(7-10)22-8-11(2)9-23-14-15(19-17(22)23)21(3)18(25)20-16(14)24/h5-7,11,14-15,17,19H,8-9H2,1-4H3,(H,20,24,25). The summed E-state index contributed by atoms with van der Waals surface area (Å²) in [6, 6.07) is 5.33. The highest BCUT2D eigenvalue weighted by atomic mass is 16.5. The molecule has 3 aliphatic rings. The number of carbonyl (C=O) groups is 2. The summed E-state index contributed by atoms with van der Waals surface area (Å²) in [6.07, 6.45) is -0.513. The Labute approximate surface area is 153 Å². The molecule has 8 nitrogen and oxygen atoms in total. The minimum absolute atomic E-state index is 0.170. The first kappa shape index (κ1) is 17.1. The second-order valence-corrected chi connectivity index (χ2v) is 7.46. The van der Waals surface area contributed by atoms with Gasteiger partial charge in [0.25, 0.3) is 0 Å². The molecule has 1 aromatic carbocycles. The molecule has 140 valence electrons. The molecule has 4 atom stereocenters. The minimum Gasteiger partial charge on any atom is -0.495 e. The topological polar surface area (TPSA) is 77.2 Å². The molecule has 3 aliphatic heterocycles. The molecular formula is C18H25N5O3. The number of methoxy groups -OCH3 is 1. The first-order valence-corrected chi connectivity index (χ1v) is 8.91. The number of hydrogen-bond acceptors (Lipinski definition) is 6. The number of nitrogens with one attached hydrogen (secondary N) is 2. The van der Waals surface area contributed by atoms with Crippen LogP contribution in [0.4, 0.5) is 10.5 Å². The summed E-state index contributed by atoms with van der Waals surface area (Å²) in [5.41, 5.74) is 2.14. The molecule has 0 aliphatic carbocycles. The van der Waals surface area contributed by atoms with E-state index in [1.54, 1.807) is 19.1 Å². The average molecular weight is 359 g/mol. The molecule has 1 aromatic rings. The normalized spacial score (nSPS) is 31.5. The minimum atomic E-state index is -0.399. The molecule has 3 amide bonds. The maximum Gasteiger partial charge on any atom is 0.325 e. The predicted molar refractivity (Wildman–Crippen MR) is 96.7 cm³/mol. The largest absolute Gasteiger partial charge is 0.495 e. The third kappa shape index (κ3) is 2.52. The molecule has 0 aromatic heterocycles. The number of benzene rings is 1. The first-order valence-electron chi connectivity index (χ1n) is 8.91. The number of urea groups is 1. The Bertz CT molecular complexity index is 754. The highest BCUT2D eigenvalue weighted by Crippen LogP contribution is 2.37. The van der Waals surface area contributed by atoms with E-state index in [9.17, 15) is 9.59 Å². The lowest BCUT2D eigenvalue weighted by Crippen LogP contribution is -2.65. The van der Waals surface area contributed by atoms with Crippen LogP contribution in [0.3, 0.4) is 0 Å². The Morgan fingerprint density at radius 2 is 2.00 bits per heavy atom. The van der Waals surface area contributed by atoms with Crippen molar-refractivity contribution in [2.24, 2.45) is 5.92 Å². The smallest absolute Gasteiger partial charge is 0.325 e. The molecule has 4 unspecified atom stereocenters. The van der Waals surface area contributed by atoms with Crippen LogP contribution in [-0.2, 0) is 4.79 Å². The van der Waals surface area contributed by atoms with Gasteiger partial charge in [0.1, 0.15) is 24.2 Å². The van der Waals surface area contributed by atoms with Gasteiger partial charge in [-0.15, -0.1) is 0 Å². The Morgan fingerprint density at radius 3 is 2.73 bits per heavy atom. The van der Waals surface area contributed by atoms with Crippen molar-refractivity contribution in [1.29, 1.82) is 0 Å². The van der Waals surface area contributed by atoms with Crippen LogP contribution in [0.25, 0.3) is 0 Å². The van der Waals surface area contributed by atoms with E-state index in [2.05, 4.69) is 40.3 Å². The molecule has 0 spiro atoms. The van der Waals surface area contributed by atoms with Crippen LogP contribution < -0.4 is 20.3 Å². The van der Waals surface area contributed by atoms with Crippen LogP contribution in [0.15, 0.2) is 18.2 Å². The van der Waals surface area contributed by atoms with E-state index < -0.39 is 6.04 Å². The fraction of sp³-hybridized carbons (Fsp3) is 0.556. The van der Waals surface area contributed by atoms with E-state index in [-0.39, 0.29) is 24.4 Å². The number of fused-ring (bicyclic) bond motifs is 3. The van der Waals surface area contributed by atoms with Crippen molar-refractivity contribution in [1.82, 2.24) is 20.4 Å². The van der Waals surface area contributed by atoms with Gasteiger partial charge in [0, 0.05) is 20.1 Å². The zero-order chi connectivity index (χ0) is 18.6. The lowest BCUT2D eigenvalue weighted by Gasteiger charge is -2.45. The van der Waals surface area contributed by atoms with E-state index >= 15 is 0 Å². The van der Waals surface area contributed by atoms with Crippen LogP contribution in [0.5, 0.6) is 5.75 Å². The van der Waals surface area contributed by atoms with Crippen LogP contribution in [0.2, 0.25) is 0 Å². The number of nitrogens with zero attached hydrogens (tertiary/aromatic N) is 3. The molecule has 0 radical (unpaired) electrons. The van der Waals surface area contributed by atoms with E-state index in [1.165, 1.54) is 0 Å². The third-order valence-electron chi connectivity index (χ3n) is 5.50. The molecule has 3 heterocycles. The first-order chi connectivity index (χ1) is 12.4. The molecule has 3 saturated heterocycles. The maximum atomic E-state index is 12.5.